The minimum atomic E-state index is 0.757. The van der Waals surface area contributed by atoms with Gasteiger partial charge in [0.2, 0.25) is 0 Å². The molecule has 3 N–H and O–H groups in total. The summed E-state index contributed by atoms with van der Waals surface area (Å²) in [6, 6.07) is 26.9. The van der Waals surface area contributed by atoms with Crippen LogP contribution < -0.4 is 15.5 Å². The topological polar surface area (TPSA) is 91.0 Å². The third kappa shape index (κ3) is 4.92. The first-order valence-electron chi connectivity index (χ1n) is 13.5. The van der Waals surface area contributed by atoms with Gasteiger partial charge in [0.05, 0.1) is 29.8 Å². The Morgan fingerprint density at radius 2 is 1.62 bits per heavy atom. The minimum Gasteiger partial charge on any atom is -0.378 e. The van der Waals surface area contributed by atoms with E-state index in [1.165, 1.54) is 5.69 Å². The lowest BCUT2D eigenvalue weighted by Crippen LogP contribution is -2.36. The summed E-state index contributed by atoms with van der Waals surface area (Å²) in [4.78, 5) is 19.6. The van der Waals surface area contributed by atoms with Gasteiger partial charge in [-0.25, -0.2) is 4.98 Å². The summed E-state index contributed by atoms with van der Waals surface area (Å²) in [6.07, 6.45) is 3.66. The number of ether oxygens (including phenoxy) is 1. The van der Waals surface area contributed by atoms with E-state index in [0.717, 1.165) is 88.1 Å². The summed E-state index contributed by atoms with van der Waals surface area (Å²) < 4.78 is 5.53. The molecule has 7 rings (SSSR count). The number of morpholine rings is 1. The molecular formula is C32H29N7O. The lowest BCUT2D eigenvalue weighted by atomic mass is 10.1. The third-order valence-electron chi connectivity index (χ3n) is 7.18. The number of pyridine rings is 2. The molecule has 1 aliphatic rings. The molecule has 8 heteroatoms. The van der Waals surface area contributed by atoms with Gasteiger partial charge in [-0.1, -0.05) is 12.1 Å². The first-order valence-corrected chi connectivity index (χ1v) is 13.5. The van der Waals surface area contributed by atoms with Gasteiger partial charge in [-0.2, -0.15) is 0 Å². The summed E-state index contributed by atoms with van der Waals surface area (Å²) in [6.45, 7) is 5.29. The summed E-state index contributed by atoms with van der Waals surface area (Å²) in [5, 5.41) is 8.15. The van der Waals surface area contributed by atoms with E-state index in [1.807, 2.05) is 43.6 Å². The van der Waals surface area contributed by atoms with Gasteiger partial charge in [0.1, 0.15) is 5.82 Å². The average Bonchev–Trinajstić information content (AvgIpc) is 3.42. The van der Waals surface area contributed by atoms with Crippen molar-refractivity contribution in [3.05, 3.63) is 97.0 Å². The second-order valence-corrected chi connectivity index (χ2v) is 9.99. The van der Waals surface area contributed by atoms with E-state index in [-0.39, 0.29) is 0 Å². The second kappa shape index (κ2) is 10.3. The van der Waals surface area contributed by atoms with Crippen molar-refractivity contribution < 1.29 is 4.74 Å². The predicted molar refractivity (Wildman–Crippen MR) is 162 cm³/mol. The summed E-state index contributed by atoms with van der Waals surface area (Å²) in [7, 11) is 0. The van der Waals surface area contributed by atoms with Crippen LogP contribution in [0, 0.1) is 6.92 Å². The zero-order valence-corrected chi connectivity index (χ0v) is 22.2. The molecule has 8 nitrogen and oxygen atoms in total. The largest absolute Gasteiger partial charge is 0.378 e. The molecule has 0 aliphatic carbocycles. The highest BCUT2D eigenvalue weighted by atomic mass is 16.5. The van der Waals surface area contributed by atoms with Gasteiger partial charge in [-0.15, -0.1) is 0 Å². The summed E-state index contributed by atoms with van der Waals surface area (Å²) in [5.41, 5.74) is 10.0. The van der Waals surface area contributed by atoms with E-state index >= 15 is 0 Å². The predicted octanol–water partition coefficient (Wildman–Crippen LogP) is 6.81. The van der Waals surface area contributed by atoms with Gasteiger partial charge in [-0.05, 0) is 73.7 Å². The monoisotopic (exact) mass is 527 g/mol. The number of anilines is 5. The Morgan fingerprint density at radius 3 is 2.52 bits per heavy atom. The van der Waals surface area contributed by atoms with E-state index < -0.39 is 0 Å². The quantitative estimate of drug-likeness (QED) is 0.219. The summed E-state index contributed by atoms with van der Waals surface area (Å²) >= 11 is 0. The zero-order chi connectivity index (χ0) is 26.9. The Kier molecular flexibility index (Phi) is 6.22. The molecule has 3 aromatic carbocycles. The molecule has 40 heavy (non-hydrogen) atoms. The Morgan fingerprint density at radius 1 is 0.775 bits per heavy atom. The van der Waals surface area contributed by atoms with E-state index in [2.05, 4.69) is 85.1 Å². The van der Waals surface area contributed by atoms with Gasteiger partial charge >= 0.3 is 0 Å². The number of nitrogens with one attached hydrogen (secondary N) is 3. The number of nitrogens with zero attached hydrogens (tertiary/aromatic N) is 4. The number of benzene rings is 3. The Labute approximate surface area is 232 Å². The maximum atomic E-state index is 5.53. The molecule has 1 saturated heterocycles. The highest BCUT2D eigenvalue weighted by Crippen LogP contribution is 2.31. The summed E-state index contributed by atoms with van der Waals surface area (Å²) in [5.74, 6) is 0.824. The van der Waals surface area contributed by atoms with Crippen molar-refractivity contribution in [1.82, 2.24) is 19.9 Å². The van der Waals surface area contributed by atoms with Gasteiger partial charge in [-0.3, -0.25) is 9.97 Å². The molecule has 198 valence electrons. The first kappa shape index (κ1) is 24.1. The van der Waals surface area contributed by atoms with Crippen LogP contribution in [0.3, 0.4) is 0 Å². The number of fused-ring (bicyclic) bond motifs is 2. The molecule has 1 aliphatic heterocycles. The number of aromatic nitrogens is 4. The van der Waals surface area contributed by atoms with E-state index in [0.29, 0.717) is 0 Å². The molecule has 0 unspecified atom stereocenters. The van der Waals surface area contributed by atoms with Crippen LogP contribution in [0.1, 0.15) is 5.69 Å². The highest BCUT2D eigenvalue weighted by Gasteiger charge is 2.13. The van der Waals surface area contributed by atoms with Crippen LogP contribution in [0.25, 0.3) is 33.3 Å². The molecule has 0 atom stereocenters. The molecule has 0 radical (unpaired) electrons. The number of rotatable bonds is 6. The molecular weight excluding hydrogens is 498 g/mol. The number of imidazole rings is 1. The highest BCUT2D eigenvalue weighted by molar-refractivity contribution is 5.95. The Balaban J connectivity index is 1.16. The SMILES string of the molecule is Cc1cc(Nc2ccc3[nH]c(-c4cccc(Nc5ccnc6ccc(N7CCOCC7)cc56)c4)nc3c2)ccn1. The number of aryl methyl sites for hydroxylation is 1. The van der Waals surface area contributed by atoms with Crippen LogP contribution in [0.5, 0.6) is 0 Å². The standard InChI is InChI=1S/C32H29N7O/c1-21-17-25(9-11-33-21)35-24-5-7-30-31(19-24)38-32(37-30)22-3-2-4-23(18-22)36-29-10-12-34-28-8-6-26(20-27(28)29)39-13-15-40-16-14-39/h2-12,17-20H,13-16H2,1H3,(H,33,35)(H,34,36)(H,37,38). The number of aromatic amines is 1. The lowest BCUT2D eigenvalue weighted by Gasteiger charge is -2.29. The second-order valence-electron chi connectivity index (χ2n) is 9.99. The fourth-order valence-electron chi connectivity index (χ4n) is 5.17. The Hall–Kier alpha value is -4.95. The van der Waals surface area contributed by atoms with Crippen molar-refractivity contribution in [3.63, 3.8) is 0 Å². The number of H-pyrrole nitrogens is 1. The maximum Gasteiger partial charge on any atom is 0.138 e. The van der Waals surface area contributed by atoms with Crippen molar-refractivity contribution in [1.29, 1.82) is 0 Å². The van der Waals surface area contributed by atoms with Crippen molar-refractivity contribution in [3.8, 4) is 11.4 Å². The van der Waals surface area contributed by atoms with Crippen molar-refractivity contribution in [2.24, 2.45) is 0 Å². The van der Waals surface area contributed by atoms with E-state index in [9.17, 15) is 0 Å². The molecule has 6 aromatic rings. The van der Waals surface area contributed by atoms with Crippen molar-refractivity contribution >= 4 is 50.4 Å². The van der Waals surface area contributed by atoms with Gasteiger partial charge in [0.15, 0.2) is 0 Å². The molecule has 1 fully saturated rings. The number of hydrogen-bond donors (Lipinski definition) is 3. The van der Waals surface area contributed by atoms with Crippen LogP contribution >= 0.6 is 0 Å². The van der Waals surface area contributed by atoms with Crippen LogP contribution in [0.15, 0.2) is 91.3 Å². The fourth-order valence-corrected chi connectivity index (χ4v) is 5.17. The van der Waals surface area contributed by atoms with Crippen LogP contribution in [-0.2, 0) is 4.74 Å². The Bertz CT molecular complexity index is 1820. The third-order valence-corrected chi connectivity index (χ3v) is 7.18. The van der Waals surface area contributed by atoms with Crippen LogP contribution in [0.2, 0.25) is 0 Å². The normalized spacial score (nSPS) is 13.6. The molecule has 0 spiro atoms. The van der Waals surface area contributed by atoms with Crippen molar-refractivity contribution in [2.45, 2.75) is 6.92 Å². The first-order chi connectivity index (χ1) is 19.7. The van der Waals surface area contributed by atoms with E-state index in [4.69, 9.17) is 9.72 Å². The number of hydrogen-bond acceptors (Lipinski definition) is 7. The van der Waals surface area contributed by atoms with Gasteiger partial charge in [0, 0.05) is 70.6 Å². The van der Waals surface area contributed by atoms with Crippen molar-refractivity contribution in [2.75, 3.05) is 41.8 Å². The van der Waals surface area contributed by atoms with E-state index in [1.54, 1.807) is 0 Å². The molecule has 0 amide bonds. The smallest absolute Gasteiger partial charge is 0.138 e. The molecule has 4 heterocycles. The fraction of sp³-hybridized carbons (Fsp3) is 0.156. The van der Waals surface area contributed by atoms with Crippen LogP contribution in [-0.4, -0.2) is 46.2 Å². The minimum absolute atomic E-state index is 0.757. The molecule has 3 aromatic heterocycles. The zero-order valence-electron chi connectivity index (χ0n) is 22.2. The van der Waals surface area contributed by atoms with Gasteiger partial charge < -0.3 is 25.3 Å². The van der Waals surface area contributed by atoms with Gasteiger partial charge in [0.25, 0.3) is 0 Å². The average molecular weight is 528 g/mol. The van der Waals surface area contributed by atoms with Crippen LogP contribution in [0.4, 0.5) is 28.4 Å². The molecule has 0 bridgehead atoms. The molecule has 0 saturated carbocycles. The maximum absolute atomic E-state index is 5.53. The lowest BCUT2D eigenvalue weighted by molar-refractivity contribution is 0.122.